The van der Waals surface area contributed by atoms with E-state index in [9.17, 15) is 4.79 Å². The Kier molecular flexibility index (Phi) is 3.99. The molecule has 1 aliphatic rings. The highest BCUT2D eigenvalue weighted by Crippen LogP contribution is 2.23. The Labute approximate surface area is 109 Å². The first kappa shape index (κ1) is 12.4. The van der Waals surface area contributed by atoms with E-state index in [4.69, 9.17) is 4.74 Å². The zero-order valence-corrected chi connectivity index (χ0v) is 11.3. The molecule has 2 heterocycles. The number of aromatic nitrogens is 1. The van der Waals surface area contributed by atoms with Crippen LogP contribution in [0.5, 0.6) is 0 Å². The lowest BCUT2D eigenvalue weighted by molar-refractivity contribution is -0.146. The predicted molar refractivity (Wildman–Crippen MR) is 68.9 cm³/mol. The molecule has 92 valence electrons. The summed E-state index contributed by atoms with van der Waals surface area (Å²) >= 11 is 3.37. The lowest BCUT2D eigenvalue weighted by Crippen LogP contribution is -2.37. The van der Waals surface area contributed by atoms with Gasteiger partial charge in [-0.3, -0.25) is 4.79 Å². The maximum Gasteiger partial charge on any atom is 0.308 e. The van der Waals surface area contributed by atoms with Crippen LogP contribution in [0.1, 0.15) is 12.8 Å². The van der Waals surface area contributed by atoms with Gasteiger partial charge in [0.1, 0.15) is 5.82 Å². The van der Waals surface area contributed by atoms with E-state index < -0.39 is 0 Å². The molecule has 1 saturated heterocycles. The Bertz CT molecular complexity index is 386. The Hall–Kier alpha value is -1.10. The molecule has 0 amide bonds. The summed E-state index contributed by atoms with van der Waals surface area (Å²) in [5.74, 6) is 0.927. The van der Waals surface area contributed by atoms with Crippen LogP contribution >= 0.6 is 15.9 Å². The summed E-state index contributed by atoms with van der Waals surface area (Å²) in [6.07, 6.45) is 3.47. The van der Waals surface area contributed by atoms with E-state index in [0.717, 1.165) is 36.2 Å². The van der Waals surface area contributed by atoms with E-state index in [1.807, 2.05) is 12.1 Å². The zero-order chi connectivity index (χ0) is 12.3. The highest BCUT2D eigenvalue weighted by molar-refractivity contribution is 9.10. The summed E-state index contributed by atoms with van der Waals surface area (Å²) in [6.45, 7) is 1.71. The average molecular weight is 299 g/mol. The van der Waals surface area contributed by atoms with Crippen molar-refractivity contribution in [3.8, 4) is 0 Å². The van der Waals surface area contributed by atoms with Gasteiger partial charge in [0.05, 0.1) is 13.0 Å². The van der Waals surface area contributed by atoms with Crippen molar-refractivity contribution in [2.75, 3.05) is 25.1 Å². The van der Waals surface area contributed by atoms with Crippen molar-refractivity contribution in [1.29, 1.82) is 0 Å². The Morgan fingerprint density at radius 1 is 1.47 bits per heavy atom. The molecule has 1 aliphatic heterocycles. The summed E-state index contributed by atoms with van der Waals surface area (Å²) in [4.78, 5) is 17.9. The molecular weight excluding hydrogens is 284 g/mol. The van der Waals surface area contributed by atoms with E-state index in [2.05, 4.69) is 25.8 Å². The number of hydrogen-bond donors (Lipinski definition) is 0. The lowest BCUT2D eigenvalue weighted by atomic mass is 9.97. The Morgan fingerprint density at radius 2 is 2.18 bits per heavy atom. The molecule has 0 N–H and O–H groups in total. The fourth-order valence-electron chi connectivity index (χ4n) is 2.07. The van der Waals surface area contributed by atoms with Crippen LogP contribution in [0.2, 0.25) is 0 Å². The molecule has 1 aromatic heterocycles. The zero-order valence-electron chi connectivity index (χ0n) is 9.73. The number of piperidine rings is 1. The molecular formula is C12H15BrN2O2. The molecule has 0 radical (unpaired) electrons. The van der Waals surface area contributed by atoms with Gasteiger partial charge in [-0.2, -0.15) is 0 Å². The van der Waals surface area contributed by atoms with Gasteiger partial charge in [0.25, 0.3) is 0 Å². The van der Waals surface area contributed by atoms with Gasteiger partial charge < -0.3 is 9.64 Å². The van der Waals surface area contributed by atoms with Crippen molar-refractivity contribution in [3.05, 3.63) is 22.8 Å². The monoisotopic (exact) mass is 298 g/mol. The number of anilines is 1. The molecule has 2 rings (SSSR count). The largest absolute Gasteiger partial charge is 0.469 e. The number of nitrogens with zero attached hydrogens (tertiary/aromatic N) is 2. The van der Waals surface area contributed by atoms with Gasteiger partial charge in [-0.25, -0.2) is 4.98 Å². The van der Waals surface area contributed by atoms with Crippen LogP contribution in [0.3, 0.4) is 0 Å². The van der Waals surface area contributed by atoms with E-state index in [-0.39, 0.29) is 11.9 Å². The minimum absolute atomic E-state index is 0.0479. The van der Waals surface area contributed by atoms with E-state index in [0.29, 0.717) is 0 Å². The number of pyridine rings is 1. The summed E-state index contributed by atoms with van der Waals surface area (Å²) < 4.78 is 5.74. The molecule has 0 saturated carbocycles. The molecule has 0 spiro atoms. The first-order valence-corrected chi connectivity index (χ1v) is 6.44. The first-order chi connectivity index (χ1) is 8.20. The van der Waals surface area contributed by atoms with Gasteiger partial charge in [0.2, 0.25) is 0 Å². The third kappa shape index (κ3) is 2.97. The third-order valence-electron chi connectivity index (χ3n) is 3.07. The molecule has 5 heteroatoms. The van der Waals surface area contributed by atoms with Crippen LogP contribution < -0.4 is 4.90 Å². The van der Waals surface area contributed by atoms with E-state index in [1.54, 1.807) is 6.20 Å². The highest BCUT2D eigenvalue weighted by Gasteiger charge is 2.25. The quantitative estimate of drug-likeness (QED) is 0.785. The van der Waals surface area contributed by atoms with Gasteiger partial charge in [0, 0.05) is 23.8 Å². The van der Waals surface area contributed by atoms with Gasteiger partial charge in [0.15, 0.2) is 0 Å². The van der Waals surface area contributed by atoms with E-state index >= 15 is 0 Å². The van der Waals surface area contributed by atoms with Crippen LogP contribution in [0.4, 0.5) is 5.82 Å². The number of hydrogen-bond acceptors (Lipinski definition) is 4. The smallest absolute Gasteiger partial charge is 0.308 e. The lowest BCUT2D eigenvalue weighted by Gasteiger charge is -2.31. The first-order valence-electron chi connectivity index (χ1n) is 5.65. The molecule has 17 heavy (non-hydrogen) atoms. The second-order valence-corrected chi connectivity index (χ2v) is 5.03. The number of rotatable bonds is 2. The fraction of sp³-hybridized carbons (Fsp3) is 0.500. The summed E-state index contributed by atoms with van der Waals surface area (Å²) in [5, 5.41) is 0. The Balaban J connectivity index is 1.95. The number of esters is 1. The van der Waals surface area contributed by atoms with Crippen LogP contribution in [0.25, 0.3) is 0 Å². The van der Waals surface area contributed by atoms with Gasteiger partial charge >= 0.3 is 5.97 Å². The molecule has 0 aromatic carbocycles. The Morgan fingerprint density at radius 3 is 2.71 bits per heavy atom. The number of ether oxygens (including phenoxy) is 1. The number of methoxy groups -OCH3 is 1. The van der Waals surface area contributed by atoms with Crippen molar-refractivity contribution in [1.82, 2.24) is 4.98 Å². The third-order valence-corrected chi connectivity index (χ3v) is 3.53. The van der Waals surface area contributed by atoms with Crippen molar-refractivity contribution in [3.63, 3.8) is 0 Å². The molecule has 0 bridgehead atoms. The number of carbonyl (C=O) groups is 1. The maximum absolute atomic E-state index is 11.4. The standard InChI is InChI=1S/C12H15BrN2O2/c1-17-12(16)9-4-6-15(7-5-9)11-3-2-10(13)8-14-11/h2-3,8-9H,4-7H2,1H3. The van der Waals surface area contributed by atoms with Crippen molar-refractivity contribution >= 4 is 27.7 Å². The second kappa shape index (κ2) is 5.49. The van der Waals surface area contributed by atoms with Gasteiger partial charge in [-0.1, -0.05) is 0 Å². The normalized spacial score (nSPS) is 16.9. The van der Waals surface area contributed by atoms with Crippen molar-refractivity contribution < 1.29 is 9.53 Å². The molecule has 1 aromatic rings. The second-order valence-electron chi connectivity index (χ2n) is 4.12. The fourth-order valence-corrected chi connectivity index (χ4v) is 2.30. The molecule has 0 atom stereocenters. The summed E-state index contributed by atoms with van der Waals surface area (Å²) in [6, 6.07) is 3.97. The summed E-state index contributed by atoms with van der Waals surface area (Å²) in [5.41, 5.74) is 0. The highest BCUT2D eigenvalue weighted by atomic mass is 79.9. The van der Waals surface area contributed by atoms with Crippen molar-refractivity contribution in [2.24, 2.45) is 5.92 Å². The van der Waals surface area contributed by atoms with E-state index in [1.165, 1.54) is 7.11 Å². The van der Waals surface area contributed by atoms with Crippen LogP contribution in [0, 0.1) is 5.92 Å². The molecule has 0 aliphatic carbocycles. The SMILES string of the molecule is COC(=O)C1CCN(c2ccc(Br)cn2)CC1. The van der Waals surface area contributed by atoms with Gasteiger partial charge in [-0.15, -0.1) is 0 Å². The number of halogens is 1. The van der Waals surface area contributed by atoms with Crippen LogP contribution in [-0.4, -0.2) is 31.2 Å². The molecule has 0 unspecified atom stereocenters. The minimum Gasteiger partial charge on any atom is -0.469 e. The van der Waals surface area contributed by atoms with Crippen molar-refractivity contribution in [2.45, 2.75) is 12.8 Å². The van der Waals surface area contributed by atoms with Crippen LogP contribution in [-0.2, 0) is 9.53 Å². The minimum atomic E-state index is -0.0894. The molecule has 4 nitrogen and oxygen atoms in total. The van der Waals surface area contributed by atoms with Crippen LogP contribution in [0.15, 0.2) is 22.8 Å². The molecule has 1 fully saturated rings. The summed E-state index contributed by atoms with van der Waals surface area (Å²) in [7, 11) is 1.45. The predicted octanol–water partition coefficient (Wildman–Crippen LogP) is 2.23. The van der Waals surface area contributed by atoms with Gasteiger partial charge in [-0.05, 0) is 40.9 Å². The average Bonchev–Trinajstić information content (AvgIpc) is 2.39. The topological polar surface area (TPSA) is 42.4 Å². The maximum atomic E-state index is 11.4. The number of carbonyl (C=O) groups excluding carboxylic acids is 1.